The van der Waals surface area contributed by atoms with Crippen molar-refractivity contribution in [2.24, 2.45) is 0 Å². The quantitative estimate of drug-likeness (QED) is 0.159. The van der Waals surface area contributed by atoms with Crippen LogP contribution < -0.4 is 0 Å². The van der Waals surface area contributed by atoms with Crippen molar-refractivity contribution in [3.63, 3.8) is 0 Å². The van der Waals surface area contributed by atoms with E-state index < -0.39 is 35.1 Å². The second-order valence-electron chi connectivity index (χ2n) is 10.1. The van der Waals surface area contributed by atoms with Crippen LogP contribution in [0.3, 0.4) is 0 Å². The average molecular weight is 835 g/mol. The van der Waals surface area contributed by atoms with Crippen LogP contribution in [-0.2, 0) is 19.9 Å². The normalized spacial score (nSPS) is 9.13. The molecule has 0 rings (SSSR count). The van der Waals surface area contributed by atoms with Crippen LogP contribution in [0.2, 0.25) is 0 Å². The van der Waals surface area contributed by atoms with Gasteiger partial charge in [-0.2, -0.15) is 0 Å². The Morgan fingerprint density at radius 3 is 0.553 bits per heavy atom. The molecular weight excluding hydrogens is 780 g/mol. The Labute approximate surface area is 315 Å². The van der Waals surface area contributed by atoms with Gasteiger partial charge in [0, 0.05) is 36.3 Å². The molecule has 0 saturated heterocycles. The van der Waals surface area contributed by atoms with Gasteiger partial charge in [-0.3, -0.25) is 14.4 Å². The van der Waals surface area contributed by atoms with Crippen LogP contribution in [0.25, 0.3) is 0 Å². The van der Waals surface area contributed by atoms with Gasteiger partial charge in [0.15, 0.2) is 0 Å². The third kappa shape index (κ3) is 48.0. The summed E-state index contributed by atoms with van der Waals surface area (Å²) in [7, 11) is 0. The summed E-state index contributed by atoms with van der Waals surface area (Å²) >= 11 is 0. The second-order valence-corrected chi connectivity index (χ2v) is 10.1. The number of carbonyl (C=O) groups excluding carboxylic acids is 3. The van der Waals surface area contributed by atoms with Gasteiger partial charge in [-0.15, -0.1) is 0 Å². The second kappa shape index (κ2) is 37.9. The van der Waals surface area contributed by atoms with Crippen molar-refractivity contribution in [2.75, 3.05) is 19.8 Å². The average Bonchev–Trinajstić information content (AvgIpc) is 2.82. The number of aliphatic hydroxyl groups is 3. The number of hydrogen-bond acceptors (Lipinski definition) is 15. The predicted molar refractivity (Wildman–Crippen MR) is 169 cm³/mol. The van der Waals surface area contributed by atoms with E-state index in [1.54, 1.807) is 14.7 Å². The van der Waals surface area contributed by atoms with Crippen molar-refractivity contribution in [2.45, 2.75) is 119 Å². The fourth-order valence-electron chi connectivity index (χ4n) is 3.76. The summed E-state index contributed by atoms with van der Waals surface area (Å²) < 4.78 is 0. The minimum atomic E-state index is -1.75. The molecule has 0 aromatic heterocycles. The summed E-state index contributed by atoms with van der Waals surface area (Å²) in [6, 6.07) is 0.970. The first-order valence-corrected chi connectivity index (χ1v) is 13.4. The number of nitrogens with zero attached hydrogens (tertiary/aromatic N) is 6. The monoisotopic (exact) mass is 835 g/mol. The maximum atomic E-state index is 11.1. The zero-order valence-electron chi connectivity index (χ0n) is 29.0. The number of amides is 3. The minimum absolute atomic E-state index is 0. The Kier molecular flexibility index (Phi) is 50.9. The third-order valence-electron chi connectivity index (χ3n) is 4.61. The number of rotatable bonds is 9. The van der Waals surface area contributed by atoms with E-state index >= 15 is 0 Å². The van der Waals surface area contributed by atoms with Crippen LogP contribution >= 0.6 is 0 Å². The van der Waals surface area contributed by atoms with E-state index in [9.17, 15) is 14.4 Å². The van der Waals surface area contributed by atoms with Gasteiger partial charge in [0.2, 0.25) is 17.7 Å². The molecule has 0 spiro atoms. The summed E-state index contributed by atoms with van der Waals surface area (Å²) in [6.07, 6.45) is 0. The molecule has 0 aromatic carbocycles. The molecule has 0 unspecified atom stereocenters. The van der Waals surface area contributed by atoms with Crippen molar-refractivity contribution in [3.8, 4) is 0 Å². The molecule has 0 atom stereocenters. The van der Waals surface area contributed by atoms with E-state index in [0.717, 1.165) is 0 Å². The molecule has 0 aliphatic rings. The smallest absolute Gasteiger partial charge is 0.457 e. The van der Waals surface area contributed by atoms with Gasteiger partial charge >= 0.3 is 49.4 Å². The molecule has 47 heavy (non-hydrogen) atoms. The van der Waals surface area contributed by atoms with Crippen molar-refractivity contribution in [3.05, 3.63) is 46.0 Å². The molecule has 0 fully saturated rings. The maximum Gasteiger partial charge on any atom is 3.00 e. The van der Waals surface area contributed by atoms with E-state index in [4.69, 9.17) is 61.3 Å². The Hall–Kier alpha value is -2.57. The molecule has 22 nitrogen and oxygen atoms in total. The van der Waals surface area contributed by atoms with Crippen LogP contribution in [0.15, 0.2) is 0 Å². The summed E-state index contributed by atoms with van der Waals surface area (Å²) in [4.78, 5) is 63.0. The van der Waals surface area contributed by atoms with Crippen LogP contribution in [0, 0.1) is 95.3 Å². The molecule has 0 aliphatic carbocycles. The molecule has 0 radical (unpaired) electrons. The van der Waals surface area contributed by atoms with Crippen LogP contribution in [0.1, 0.15) is 83.1 Å². The number of carbonyl (C=O) groups is 3. The zero-order chi connectivity index (χ0) is 37.8. The van der Waals surface area contributed by atoms with Gasteiger partial charge in [0.05, 0.1) is 15.3 Å². The van der Waals surface area contributed by atoms with Crippen molar-refractivity contribution in [1.82, 2.24) is 14.7 Å². The van der Waals surface area contributed by atoms with E-state index in [2.05, 4.69) is 0 Å². The van der Waals surface area contributed by atoms with Crippen molar-refractivity contribution in [1.29, 1.82) is 0 Å². The minimum Gasteiger partial charge on any atom is -0.457 e. The first kappa shape index (κ1) is 63.1. The molecule has 23 heteroatoms. The van der Waals surface area contributed by atoms with Gasteiger partial charge in [0.25, 0.3) is 0 Å². The topological polar surface area (TPSA) is 353 Å². The van der Waals surface area contributed by atoms with Gasteiger partial charge < -0.3 is 81.5 Å². The standard InChI is InChI=1S/3C8H17NO2.Eu.3NO3.H2O/c3*1-6(2)9(7(3)4)8(11)5-10;;3*2-1(3)4;/h3*6-7,10H,5H2,1-4H3;;;;;1H2/q;;;+3;3*-1;/p+1. The van der Waals surface area contributed by atoms with Gasteiger partial charge in [0.1, 0.15) is 19.8 Å². The summed E-state index contributed by atoms with van der Waals surface area (Å²) in [6.45, 7) is 22.1. The molecule has 0 heterocycles. The van der Waals surface area contributed by atoms with Crippen LogP contribution in [0.4, 0.5) is 0 Å². The fraction of sp³-hybridized carbons (Fsp3) is 0.875. The summed E-state index contributed by atoms with van der Waals surface area (Å²) in [5.41, 5.74) is 0. The zero-order valence-corrected chi connectivity index (χ0v) is 31.4. The Balaban J connectivity index is -0.0000000678. The summed E-state index contributed by atoms with van der Waals surface area (Å²) in [5, 5.41) is 70.1. The van der Waals surface area contributed by atoms with E-state index in [-0.39, 0.29) is 109 Å². The molecule has 0 aromatic rings. The molecule has 0 saturated carbocycles. The van der Waals surface area contributed by atoms with E-state index in [1.807, 2.05) is 83.1 Å². The first-order chi connectivity index (χ1) is 20.2. The van der Waals surface area contributed by atoms with Crippen molar-refractivity contribution >= 4 is 17.7 Å². The Bertz CT molecular complexity index is 693. The first-order valence-electron chi connectivity index (χ1n) is 13.4. The van der Waals surface area contributed by atoms with Gasteiger partial charge in [-0.1, -0.05) is 0 Å². The Morgan fingerprint density at radius 1 is 0.447 bits per heavy atom. The molecule has 0 bridgehead atoms. The Morgan fingerprint density at radius 2 is 0.532 bits per heavy atom. The van der Waals surface area contributed by atoms with Crippen LogP contribution in [-0.4, -0.2) is 119 Å². The predicted octanol–water partition coefficient (Wildman–Crippen LogP) is 0.233. The van der Waals surface area contributed by atoms with Gasteiger partial charge in [-0.05, 0) is 83.1 Å². The largest absolute Gasteiger partial charge is 3.00 e. The number of aliphatic hydroxyl groups excluding tert-OH is 3. The summed E-state index contributed by atoms with van der Waals surface area (Å²) in [5.74, 6) is -0.597. The molecule has 0 aliphatic heterocycles. The van der Waals surface area contributed by atoms with Crippen LogP contribution in [0.5, 0.6) is 0 Å². The molecule has 3 amide bonds. The van der Waals surface area contributed by atoms with E-state index in [1.165, 1.54) is 0 Å². The number of hydrogen-bond donors (Lipinski definition) is 3. The molecular formula is C24H54EuN6O16+. The SMILES string of the molecule is CC(C)N(C(=O)CO)C(C)C.CC(C)N(C(=O)CO)C(C)C.CC(C)N(C(=O)CO)C(C)C.O=[N+]([O-])[O-].O=[N+]([O-])[O-].O=[N+]([O-])[O-].[Eu+3].[OH3+]. The van der Waals surface area contributed by atoms with Gasteiger partial charge in [-0.25, -0.2) is 0 Å². The fourth-order valence-corrected chi connectivity index (χ4v) is 3.76. The molecule has 6 N–H and O–H groups in total. The maximum absolute atomic E-state index is 11.1. The van der Waals surface area contributed by atoms with E-state index in [0.29, 0.717) is 0 Å². The molecule has 282 valence electrons. The third-order valence-corrected chi connectivity index (χ3v) is 4.61. The van der Waals surface area contributed by atoms with Crippen molar-refractivity contribution < 1.29 is 99.8 Å².